The predicted octanol–water partition coefficient (Wildman–Crippen LogP) is -0.779. The number of nitrogens with one attached hydrogen (secondary N) is 1. The highest BCUT2D eigenvalue weighted by Gasteiger charge is 2.24. The van der Waals surface area contributed by atoms with Gasteiger partial charge in [-0.25, -0.2) is 0 Å². The van der Waals surface area contributed by atoms with Gasteiger partial charge in [0, 0.05) is 38.8 Å². The third-order valence-corrected chi connectivity index (χ3v) is 3.04. The van der Waals surface area contributed by atoms with Crippen molar-refractivity contribution in [3.8, 4) is 0 Å². The number of likely N-dealkylation sites (tertiary alicyclic amines) is 1. The second-order valence-corrected chi connectivity index (χ2v) is 4.58. The normalized spacial score (nSPS) is 31.7. The zero-order valence-electron chi connectivity index (χ0n) is 9.20. The first-order valence-electron chi connectivity index (χ1n) is 5.46. The molecule has 82 valence electrons. The van der Waals surface area contributed by atoms with Crippen molar-refractivity contribution in [3.05, 3.63) is 0 Å². The molecule has 2 aliphatic heterocycles. The lowest BCUT2D eigenvalue weighted by atomic mass is 10.1. The predicted molar refractivity (Wildman–Crippen MR) is 56.5 cm³/mol. The molecule has 4 heteroatoms. The Morgan fingerprint density at radius 3 is 2.64 bits per heavy atom. The van der Waals surface area contributed by atoms with Gasteiger partial charge in [0.05, 0.1) is 12.7 Å². The molecule has 0 saturated carbocycles. The third kappa shape index (κ3) is 2.67. The fourth-order valence-electron chi connectivity index (χ4n) is 2.12. The molecule has 0 bridgehead atoms. The SMILES string of the molecule is CN1CC(NCC2CN(C)CCO2)C1. The molecular formula is C10H21N3O. The molecule has 2 aliphatic rings. The van der Waals surface area contributed by atoms with Gasteiger partial charge in [0.1, 0.15) is 0 Å². The highest BCUT2D eigenvalue weighted by Crippen LogP contribution is 2.06. The van der Waals surface area contributed by atoms with E-state index in [0.717, 1.165) is 26.2 Å². The van der Waals surface area contributed by atoms with E-state index in [1.165, 1.54) is 13.1 Å². The number of hydrogen-bond donors (Lipinski definition) is 1. The molecule has 1 atom stereocenters. The summed E-state index contributed by atoms with van der Waals surface area (Å²) < 4.78 is 5.68. The molecule has 1 unspecified atom stereocenters. The van der Waals surface area contributed by atoms with Crippen molar-refractivity contribution in [2.75, 3.05) is 53.4 Å². The summed E-state index contributed by atoms with van der Waals surface area (Å²) in [6.07, 6.45) is 0.389. The minimum Gasteiger partial charge on any atom is -0.374 e. The van der Waals surface area contributed by atoms with Gasteiger partial charge in [-0.05, 0) is 14.1 Å². The van der Waals surface area contributed by atoms with Crippen LogP contribution < -0.4 is 5.32 Å². The van der Waals surface area contributed by atoms with Crippen LogP contribution >= 0.6 is 0 Å². The van der Waals surface area contributed by atoms with Crippen LogP contribution in [0.5, 0.6) is 0 Å². The third-order valence-electron chi connectivity index (χ3n) is 3.04. The van der Waals surface area contributed by atoms with Crippen LogP contribution in [0.2, 0.25) is 0 Å². The summed E-state index contributed by atoms with van der Waals surface area (Å²) in [7, 11) is 4.32. The van der Waals surface area contributed by atoms with E-state index in [2.05, 4.69) is 29.2 Å². The largest absolute Gasteiger partial charge is 0.374 e. The van der Waals surface area contributed by atoms with Gasteiger partial charge in [-0.1, -0.05) is 0 Å². The van der Waals surface area contributed by atoms with Crippen molar-refractivity contribution >= 4 is 0 Å². The van der Waals surface area contributed by atoms with Crippen LogP contribution in [-0.4, -0.2) is 75.4 Å². The minimum absolute atomic E-state index is 0.389. The van der Waals surface area contributed by atoms with Crippen molar-refractivity contribution in [2.45, 2.75) is 12.1 Å². The summed E-state index contributed by atoms with van der Waals surface area (Å²) in [5.41, 5.74) is 0. The van der Waals surface area contributed by atoms with Gasteiger partial charge < -0.3 is 19.9 Å². The van der Waals surface area contributed by atoms with Crippen LogP contribution in [0.1, 0.15) is 0 Å². The summed E-state index contributed by atoms with van der Waals surface area (Å²) in [5.74, 6) is 0. The molecule has 2 rings (SSSR count). The minimum atomic E-state index is 0.389. The molecule has 0 aromatic rings. The Hall–Kier alpha value is -0.160. The van der Waals surface area contributed by atoms with E-state index in [9.17, 15) is 0 Å². The number of morpholine rings is 1. The van der Waals surface area contributed by atoms with E-state index in [0.29, 0.717) is 12.1 Å². The Bertz CT molecular complexity index is 182. The molecule has 0 aromatic carbocycles. The molecule has 14 heavy (non-hydrogen) atoms. The molecule has 0 aliphatic carbocycles. The van der Waals surface area contributed by atoms with Crippen LogP contribution in [0.4, 0.5) is 0 Å². The second kappa shape index (κ2) is 4.57. The van der Waals surface area contributed by atoms with Gasteiger partial charge in [-0.2, -0.15) is 0 Å². The summed E-state index contributed by atoms with van der Waals surface area (Å²) in [6, 6.07) is 0.691. The van der Waals surface area contributed by atoms with E-state index in [4.69, 9.17) is 4.74 Å². The first kappa shape index (κ1) is 10.4. The van der Waals surface area contributed by atoms with Crippen LogP contribution in [0, 0.1) is 0 Å². The van der Waals surface area contributed by atoms with Crippen molar-refractivity contribution < 1.29 is 4.74 Å². The lowest BCUT2D eigenvalue weighted by Crippen LogP contribution is -2.58. The maximum atomic E-state index is 5.68. The van der Waals surface area contributed by atoms with E-state index >= 15 is 0 Å². The van der Waals surface area contributed by atoms with Crippen molar-refractivity contribution in [1.82, 2.24) is 15.1 Å². The monoisotopic (exact) mass is 199 g/mol. The summed E-state index contributed by atoms with van der Waals surface area (Å²) >= 11 is 0. The topological polar surface area (TPSA) is 27.7 Å². The van der Waals surface area contributed by atoms with Crippen molar-refractivity contribution in [2.24, 2.45) is 0 Å². The number of rotatable bonds is 3. The number of likely N-dealkylation sites (N-methyl/N-ethyl adjacent to an activating group) is 2. The van der Waals surface area contributed by atoms with Crippen molar-refractivity contribution in [3.63, 3.8) is 0 Å². The Morgan fingerprint density at radius 1 is 1.21 bits per heavy atom. The second-order valence-electron chi connectivity index (χ2n) is 4.58. The van der Waals surface area contributed by atoms with E-state index < -0.39 is 0 Å². The Balaban J connectivity index is 1.60. The molecular weight excluding hydrogens is 178 g/mol. The van der Waals surface area contributed by atoms with E-state index in [1.54, 1.807) is 0 Å². The van der Waals surface area contributed by atoms with Crippen LogP contribution in [0.25, 0.3) is 0 Å². The molecule has 0 aromatic heterocycles. The Kier molecular flexibility index (Phi) is 3.38. The van der Waals surface area contributed by atoms with Gasteiger partial charge in [0.15, 0.2) is 0 Å². The zero-order chi connectivity index (χ0) is 9.97. The fraction of sp³-hybridized carbons (Fsp3) is 1.00. The number of ether oxygens (including phenoxy) is 1. The maximum absolute atomic E-state index is 5.68. The summed E-state index contributed by atoms with van der Waals surface area (Å²) in [5, 5.41) is 3.55. The van der Waals surface area contributed by atoms with Crippen molar-refractivity contribution in [1.29, 1.82) is 0 Å². The fourth-order valence-corrected chi connectivity index (χ4v) is 2.12. The quantitative estimate of drug-likeness (QED) is 0.645. The highest BCUT2D eigenvalue weighted by molar-refractivity contribution is 4.84. The highest BCUT2D eigenvalue weighted by atomic mass is 16.5. The number of hydrogen-bond acceptors (Lipinski definition) is 4. The maximum Gasteiger partial charge on any atom is 0.0826 e. The molecule has 2 fully saturated rings. The summed E-state index contributed by atoms with van der Waals surface area (Å²) in [4.78, 5) is 4.66. The van der Waals surface area contributed by atoms with Crippen LogP contribution in [0.3, 0.4) is 0 Å². The first-order valence-corrected chi connectivity index (χ1v) is 5.46. The smallest absolute Gasteiger partial charge is 0.0826 e. The summed E-state index contributed by atoms with van der Waals surface area (Å²) in [6.45, 7) is 6.39. The molecule has 0 radical (unpaired) electrons. The molecule has 0 spiro atoms. The Labute approximate surface area is 86.2 Å². The lowest BCUT2D eigenvalue weighted by molar-refractivity contribution is -0.0220. The zero-order valence-corrected chi connectivity index (χ0v) is 9.20. The molecule has 4 nitrogen and oxygen atoms in total. The molecule has 2 heterocycles. The molecule has 1 N–H and O–H groups in total. The van der Waals surface area contributed by atoms with E-state index in [-0.39, 0.29) is 0 Å². The number of nitrogens with zero attached hydrogens (tertiary/aromatic N) is 2. The average molecular weight is 199 g/mol. The standard InChI is InChI=1S/C10H21N3O/c1-12-3-4-14-10(8-12)5-11-9-6-13(2)7-9/h9-11H,3-8H2,1-2H3. The first-order chi connectivity index (χ1) is 6.74. The molecule has 2 saturated heterocycles. The van der Waals surface area contributed by atoms with Crippen LogP contribution in [0.15, 0.2) is 0 Å². The average Bonchev–Trinajstić information content (AvgIpc) is 2.11. The van der Waals surface area contributed by atoms with Gasteiger partial charge in [0.25, 0.3) is 0 Å². The van der Waals surface area contributed by atoms with Gasteiger partial charge in [0.2, 0.25) is 0 Å². The van der Waals surface area contributed by atoms with Gasteiger partial charge in [-0.3, -0.25) is 0 Å². The van der Waals surface area contributed by atoms with Crippen LogP contribution in [-0.2, 0) is 4.74 Å². The van der Waals surface area contributed by atoms with Gasteiger partial charge in [-0.15, -0.1) is 0 Å². The lowest BCUT2D eigenvalue weighted by Gasteiger charge is -2.38. The molecule has 0 amide bonds. The van der Waals surface area contributed by atoms with E-state index in [1.807, 2.05) is 0 Å². The van der Waals surface area contributed by atoms with Gasteiger partial charge >= 0.3 is 0 Å². The Morgan fingerprint density at radius 2 is 2.00 bits per heavy atom.